The number of para-hydroxylation sites is 1. The Bertz CT molecular complexity index is 725. The van der Waals surface area contributed by atoms with Gasteiger partial charge in [-0.2, -0.15) is 0 Å². The summed E-state index contributed by atoms with van der Waals surface area (Å²) in [6.07, 6.45) is 0. The highest BCUT2D eigenvalue weighted by Gasteiger charge is 2.12. The summed E-state index contributed by atoms with van der Waals surface area (Å²) in [7, 11) is 3.62. The molecular formula is C22H24NOSi. The van der Waals surface area contributed by atoms with Crippen molar-refractivity contribution in [3.05, 3.63) is 84.9 Å². The Hall–Kier alpha value is -2.52. The van der Waals surface area contributed by atoms with Crippen molar-refractivity contribution >= 4 is 26.8 Å². The first-order chi connectivity index (χ1) is 11.9. The Balaban J connectivity index is 0.000000316. The molecule has 0 amide bonds. The maximum Gasteiger partial charge on any atom is 0.120 e. The van der Waals surface area contributed by atoms with E-state index in [0.717, 1.165) is 22.3 Å². The predicted octanol–water partition coefficient (Wildman–Crippen LogP) is 5.09. The minimum absolute atomic E-state index is 0.187. The van der Waals surface area contributed by atoms with Gasteiger partial charge >= 0.3 is 0 Å². The number of nitrogens with one attached hydrogen (secondary N) is 1. The minimum Gasteiger partial charge on any atom is -0.488 e. The Morgan fingerprint density at radius 1 is 0.760 bits per heavy atom. The molecule has 0 saturated carbocycles. The van der Waals surface area contributed by atoms with Crippen molar-refractivity contribution in [2.24, 2.45) is 0 Å². The fraction of sp³-hybridized carbons (Fsp3) is 0.182. The van der Waals surface area contributed by atoms with Crippen LogP contribution in [0.15, 0.2) is 84.9 Å². The van der Waals surface area contributed by atoms with Gasteiger partial charge in [-0.15, -0.1) is 0 Å². The SMILES string of the molecule is CC(C)(C)Oc1ccc(Nc2ccccc2)c([Si])c1.c1ccccc1. The Morgan fingerprint density at radius 2 is 1.28 bits per heavy atom. The standard InChI is InChI=1S/C16H18NOSi.C6H6/c1-16(2,3)18-13-9-10-14(15(19)11-13)17-12-7-5-4-6-8-12;1-2-4-6-5-3-1/h4-11,17H,1-3H3;1-6H. The molecule has 3 aromatic rings. The molecule has 1 N–H and O–H groups in total. The van der Waals surface area contributed by atoms with E-state index in [1.54, 1.807) is 0 Å². The molecule has 0 atom stereocenters. The third kappa shape index (κ3) is 7.27. The molecule has 3 rings (SSSR count). The van der Waals surface area contributed by atoms with Crippen LogP contribution in [0.5, 0.6) is 5.75 Å². The van der Waals surface area contributed by atoms with E-state index >= 15 is 0 Å². The fourth-order valence-corrected chi connectivity index (χ4v) is 2.40. The van der Waals surface area contributed by atoms with Crippen molar-refractivity contribution < 1.29 is 4.74 Å². The van der Waals surface area contributed by atoms with Crippen LogP contribution in [-0.4, -0.2) is 15.8 Å². The van der Waals surface area contributed by atoms with Crippen molar-refractivity contribution in [3.8, 4) is 5.75 Å². The quantitative estimate of drug-likeness (QED) is 0.667. The van der Waals surface area contributed by atoms with Crippen LogP contribution in [0.1, 0.15) is 20.8 Å². The van der Waals surface area contributed by atoms with Gasteiger partial charge in [0.15, 0.2) is 0 Å². The van der Waals surface area contributed by atoms with Crippen molar-refractivity contribution in [3.63, 3.8) is 0 Å². The molecule has 0 bridgehead atoms. The van der Waals surface area contributed by atoms with Crippen molar-refractivity contribution in [2.45, 2.75) is 26.4 Å². The third-order valence-corrected chi connectivity index (χ3v) is 3.55. The van der Waals surface area contributed by atoms with Crippen LogP contribution in [0.4, 0.5) is 11.4 Å². The van der Waals surface area contributed by atoms with E-state index < -0.39 is 0 Å². The lowest BCUT2D eigenvalue weighted by Gasteiger charge is -2.22. The van der Waals surface area contributed by atoms with Gasteiger partial charge in [-0.3, -0.25) is 0 Å². The summed E-state index contributed by atoms with van der Waals surface area (Å²) in [4.78, 5) is 0. The Kier molecular flexibility index (Phi) is 6.84. The number of hydrogen-bond donors (Lipinski definition) is 1. The molecule has 127 valence electrons. The molecule has 3 heteroatoms. The minimum atomic E-state index is -0.187. The topological polar surface area (TPSA) is 21.3 Å². The monoisotopic (exact) mass is 346 g/mol. The van der Waals surface area contributed by atoms with E-state index in [1.165, 1.54) is 0 Å². The predicted molar refractivity (Wildman–Crippen MR) is 108 cm³/mol. The first kappa shape index (κ1) is 18.8. The molecule has 0 aliphatic carbocycles. The summed E-state index contributed by atoms with van der Waals surface area (Å²) in [6, 6.07) is 28.0. The van der Waals surface area contributed by atoms with Gasteiger partial charge in [-0.1, -0.05) is 54.6 Å². The number of ether oxygens (including phenoxy) is 1. The van der Waals surface area contributed by atoms with E-state index in [1.807, 2.05) is 106 Å². The molecule has 0 spiro atoms. The average Bonchev–Trinajstić information content (AvgIpc) is 2.59. The van der Waals surface area contributed by atoms with Gasteiger partial charge in [0.05, 0.1) is 10.2 Å². The summed E-state index contributed by atoms with van der Waals surface area (Å²) in [5.41, 5.74) is 1.89. The normalized spacial score (nSPS) is 10.4. The molecule has 0 fully saturated rings. The number of rotatable bonds is 3. The highest BCUT2D eigenvalue weighted by Crippen LogP contribution is 2.20. The van der Waals surface area contributed by atoms with Gasteiger partial charge in [0.1, 0.15) is 11.4 Å². The second kappa shape index (κ2) is 9.09. The van der Waals surface area contributed by atoms with Crippen molar-refractivity contribution in [2.75, 3.05) is 5.32 Å². The second-order valence-electron chi connectivity index (χ2n) is 6.57. The molecule has 0 aromatic heterocycles. The van der Waals surface area contributed by atoms with Crippen molar-refractivity contribution in [1.82, 2.24) is 0 Å². The first-order valence-electron chi connectivity index (χ1n) is 8.31. The second-order valence-corrected chi connectivity index (χ2v) is 7.11. The molecule has 0 aliphatic rings. The lowest BCUT2D eigenvalue weighted by Crippen LogP contribution is -2.23. The molecular weight excluding hydrogens is 322 g/mol. The number of benzene rings is 3. The zero-order valence-electron chi connectivity index (χ0n) is 15.0. The zero-order valence-corrected chi connectivity index (χ0v) is 16.0. The highest BCUT2D eigenvalue weighted by atomic mass is 28.1. The van der Waals surface area contributed by atoms with Gasteiger partial charge in [-0.05, 0) is 56.3 Å². The van der Waals surface area contributed by atoms with Gasteiger partial charge < -0.3 is 10.1 Å². The van der Waals surface area contributed by atoms with Crippen LogP contribution in [0.25, 0.3) is 0 Å². The highest BCUT2D eigenvalue weighted by molar-refractivity contribution is 6.36. The summed E-state index contributed by atoms with van der Waals surface area (Å²) in [5.74, 6) is 0.858. The van der Waals surface area contributed by atoms with Crippen LogP contribution in [0.3, 0.4) is 0 Å². The fourth-order valence-electron chi connectivity index (χ4n) is 2.11. The molecule has 0 heterocycles. The molecule has 2 nitrogen and oxygen atoms in total. The lowest BCUT2D eigenvalue weighted by molar-refractivity contribution is 0.131. The molecule has 0 aliphatic heterocycles. The Labute approximate surface area is 154 Å². The van der Waals surface area contributed by atoms with Crippen molar-refractivity contribution in [1.29, 1.82) is 0 Å². The van der Waals surface area contributed by atoms with Gasteiger partial charge in [0.25, 0.3) is 0 Å². The summed E-state index contributed by atoms with van der Waals surface area (Å²) < 4.78 is 5.83. The largest absolute Gasteiger partial charge is 0.488 e. The van der Waals surface area contributed by atoms with E-state index in [0.29, 0.717) is 0 Å². The van der Waals surface area contributed by atoms with E-state index in [4.69, 9.17) is 4.74 Å². The van der Waals surface area contributed by atoms with Gasteiger partial charge in [0, 0.05) is 11.4 Å². The maximum absolute atomic E-state index is 5.83. The number of anilines is 2. The van der Waals surface area contributed by atoms with Crippen LogP contribution in [-0.2, 0) is 0 Å². The summed E-state index contributed by atoms with van der Waals surface area (Å²) in [5, 5.41) is 4.34. The van der Waals surface area contributed by atoms with E-state index in [2.05, 4.69) is 15.6 Å². The molecule has 25 heavy (non-hydrogen) atoms. The van der Waals surface area contributed by atoms with Crippen LogP contribution < -0.4 is 15.2 Å². The van der Waals surface area contributed by atoms with Gasteiger partial charge in [0.2, 0.25) is 0 Å². The molecule has 0 unspecified atom stereocenters. The van der Waals surface area contributed by atoms with Crippen LogP contribution in [0.2, 0.25) is 0 Å². The first-order valence-corrected chi connectivity index (χ1v) is 8.81. The van der Waals surface area contributed by atoms with Crippen LogP contribution in [0, 0.1) is 0 Å². The average molecular weight is 347 g/mol. The summed E-state index contributed by atoms with van der Waals surface area (Å²) in [6.45, 7) is 6.11. The molecule has 0 saturated heterocycles. The molecule has 3 radical (unpaired) electrons. The summed E-state index contributed by atoms with van der Waals surface area (Å²) >= 11 is 0. The molecule has 3 aromatic carbocycles. The zero-order chi connectivity index (χ0) is 18.1. The van der Waals surface area contributed by atoms with E-state index in [-0.39, 0.29) is 5.60 Å². The lowest BCUT2D eigenvalue weighted by atomic mass is 10.2. The number of hydrogen-bond acceptors (Lipinski definition) is 2. The third-order valence-electron chi connectivity index (χ3n) is 3.13. The Morgan fingerprint density at radius 3 is 1.76 bits per heavy atom. The maximum atomic E-state index is 5.83. The van der Waals surface area contributed by atoms with Crippen LogP contribution >= 0.6 is 0 Å². The smallest absolute Gasteiger partial charge is 0.120 e. The van der Waals surface area contributed by atoms with E-state index in [9.17, 15) is 0 Å². The van der Waals surface area contributed by atoms with Gasteiger partial charge in [-0.25, -0.2) is 0 Å².